The summed E-state index contributed by atoms with van der Waals surface area (Å²) in [5.74, 6) is 1.78. The van der Waals surface area contributed by atoms with Gasteiger partial charge in [-0.25, -0.2) is 15.0 Å². The van der Waals surface area contributed by atoms with Crippen molar-refractivity contribution in [2.24, 2.45) is 0 Å². The molecule has 6 nitrogen and oxygen atoms in total. The maximum atomic E-state index is 6.65. The lowest BCUT2D eigenvalue weighted by Crippen LogP contribution is -2.00. The van der Waals surface area contributed by atoms with Gasteiger partial charge in [0.05, 0.1) is 16.6 Å². The molecule has 12 aromatic rings. The Morgan fingerprint density at radius 3 is 1.68 bits per heavy atom. The summed E-state index contributed by atoms with van der Waals surface area (Å²) in [6.07, 6.45) is 0. The number of hydrogen-bond acceptors (Lipinski definition) is 5. The molecule has 0 N–H and O–H groups in total. The zero-order valence-electron chi connectivity index (χ0n) is 30.4. The molecule has 0 unspecified atom stereocenters. The zero-order chi connectivity index (χ0) is 37.5. The van der Waals surface area contributed by atoms with Crippen LogP contribution in [0.25, 0.3) is 117 Å². The third kappa shape index (κ3) is 4.94. The van der Waals surface area contributed by atoms with Crippen LogP contribution >= 0.6 is 0 Å². The van der Waals surface area contributed by atoms with Crippen molar-refractivity contribution in [1.82, 2.24) is 19.5 Å². The van der Waals surface area contributed by atoms with Gasteiger partial charge in [0.2, 0.25) is 0 Å². The Kier molecular flexibility index (Phi) is 6.83. The first-order valence-corrected chi connectivity index (χ1v) is 19.0. The maximum absolute atomic E-state index is 6.65. The van der Waals surface area contributed by atoms with Crippen molar-refractivity contribution in [3.63, 3.8) is 0 Å². The van der Waals surface area contributed by atoms with E-state index in [1.54, 1.807) is 0 Å². The highest BCUT2D eigenvalue weighted by molar-refractivity contribution is 6.16. The lowest BCUT2D eigenvalue weighted by atomic mass is 9.97. The van der Waals surface area contributed by atoms with Crippen LogP contribution in [0.2, 0.25) is 0 Å². The molecule has 12 rings (SSSR count). The first kappa shape index (κ1) is 31.5. The van der Waals surface area contributed by atoms with E-state index in [4.69, 9.17) is 23.8 Å². The van der Waals surface area contributed by atoms with Gasteiger partial charge in [0, 0.05) is 55.2 Å². The number of rotatable bonds is 5. The van der Waals surface area contributed by atoms with Crippen molar-refractivity contribution in [3.05, 3.63) is 182 Å². The van der Waals surface area contributed by atoms with E-state index in [1.165, 1.54) is 21.8 Å². The van der Waals surface area contributed by atoms with Crippen LogP contribution < -0.4 is 0 Å². The average molecular weight is 731 g/mol. The van der Waals surface area contributed by atoms with E-state index in [-0.39, 0.29) is 0 Å². The molecule has 0 atom stereocenters. The largest absolute Gasteiger partial charge is 0.456 e. The molecule has 0 aliphatic rings. The van der Waals surface area contributed by atoms with Crippen LogP contribution in [-0.2, 0) is 0 Å². The lowest BCUT2D eigenvalue weighted by molar-refractivity contribution is 0.668. The summed E-state index contributed by atoms with van der Waals surface area (Å²) in [6.45, 7) is 0. The second-order valence-corrected chi connectivity index (χ2v) is 14.4. The molecule has 0 fully saturated rings. The Morgan fingerprint density at radius 1 is 0.351 bits per heavy atom. The van der Waals surface area contributed by atoms with Gasteiger partial charge in [-0.05, 0) is 59.7 Å². The first-order valence-electron chi connectivity index (χ1n) is 19.0. The van der Waals surface area contributed by atoms with Crippen molar-refractivity contribution in [2.75, 3.05) is 0 Å². The molecule has 4 aromatic heterocycles. The van der Waals surface area contributed by atoms with E-state index in [0.29, 0.717) is 17.5 Å². The Bertz CT molecular complexity index is 3410. The fourth-order valence-electron chi connectivity index (χ4n) is 8.47. The molecular formula is C51H30N4O2. The van der Waals surface area contributed by atoms with Crippen LogP contribution in [-0.4, -0.2) is 19.5 Å². The van der Waals surface area contributed by atoms with Crippen LogP contribution in [0.3, 0.4) is 0 Å². The lowest BCUT2D eigenvalue weighted by Gasteiger charge is -2.08. The highest BCUT2D eigenvalue weighted by atomic mass is 16.3. The summed E-state index contributed by atoms with van der Waals surface area (Å²) < 4.78 is 15.6. The van der Waals surface area contributed by atoms with Crippen LogP contribution in [0.4, 0.5) is 0 Å². The summed E-state index contributed by atoms with van der Waals surface area (Å²) in [4.78, 5) is 14.9. The number of para-hydroxylation sites is 3. The highest BCUT2D eigenvalue weighted by Crippen LogP contribution is 2.42. The number of benzene rings is 8. The van der Waals surface area contributed by atoms with Gasteiger partial charge < -0.3 is 13.4 Å². The van der Waals surface area contributed by atoms with Crippen LogP contribution in [0, 0.1) is 0 Å². The van der Waals surface area contributed by atoms with Crippen molar-refractivity contribution in [2.45, 2.75) is 0 Å². The van der Waals surface area contributed by atoms with Crippen LogP contribution in [0.1, 0.15) is 0 Å². The Labute approximate surface area is 325 Å². The molecule has 0 spiro atoms. The van der Waals surface area contributed by atoms with Gasteiger partial charge in [0.15, 0.2) is 17.5 Å². The molecular weight excluding hydrogens is 701 g/mol. The summed E-state index contributed by atoms with van der Waals surface area (Å²) in [5, 5.41) is 6.63. The molecule has 0 amide bonds. The molecule has 0 bridgehead atoms. The van der Waals surface area contributed by atoms with Crippen molar-refractivity contribution in [1.29, 1.82) is 0 Å². The molecule has 0 aliphatic heterocycles. The SMILES string of the molecule is c1ccc(-c2nc(-c3ccccc3)nc(-c3cccc4c3oc3ccc(-c5cccc6oc7cc(-n8c9ccccc9c9ccccc98)ccc7c56)cc34)n2)cc1. The van der Waals surface area contributed by atoms with E-state index in [2.05, 4.69) is 114 Å². The standard InChI is InChI=1S/C51H30N4O2/c1-3-13-31(14-4-1)49-52-50(32-15-5-2-6-16-32)54-51(53-49)40-21-11-20-38-41-29-33(25-28-44(41)57-48(38)40)35-19-12-24-45-47(35)39-27-26-34(30-46(39)56-45)55-42-22-9-7-17-36(42)37-18-8-10-23-43(37)55/h1-30H. The minimum atomic E-state index is 0.558. The summed E-state index contributed by atoms with van der Waals surface area (Å²) in [5.41, 5.74) is 11.4. The molecule has 0 saturated heterocycles. The fraction of sp³-hybridized carbons (Fsp3) is 0. The van der Waals surface area contributed by atoms with E-state index in [9.17, 15) is 0 Å². The molecule has 0 saturated carbocycles. The second kappa shape index (κ2) is 12.3. The van der Waals surface area contributed by atoms with Gasteiger partial charge in [-0.1, -0.05) is 127 Å². The number of fused-ring (bicyclic) bond motifs is 9. The smallest absolute Gasteiger partial charge is 0.167 e. The average Bonchev–Trinajstić information content (AvgIpc) is 3.96. The van der Waals surface area contributed by atoms with E-state index in [0.717, 1.165) is 77.4 Å². The number of aromatic nitrogens is 4. The van der Waals surface area contributed by atoms with E-state index < -0.39 is 0 Å². The number of hydrogen-bond donors (Lipinski definition) is 0. The monoisotopic (exact) mass is 730 g/mol. The van der Waals surface area contributed by atoms with Gasteiger partial charge in [0.1, 0.15) is 22.3 Å². The normalized spacial score (nSPS) is 11.9. The van der Waals surface area contributed by atoms with Gasteiger partial charge in [-0.15, -0.1) is 0 Å². The molecule has 266 valence electrons. The molecule has 4 heterocycles. The van der Waals surface area contributed by atoms with Crippen molar-refractivity contribution >= 4 is 65.7 Å². The third-order valence-corrected chi connectivity index (χ3v) is 11.1. The molecule has 0 aliphatic carbocycles. The Balaban J connectivity index is 0.998. The minimum Gasteiger partial charge on any atom is -0.456 e. The zero-order valence-corrected chi connectivity index (χ0v) is 30.4. The quantitative estimate of drug-likeness (QED) is 0.176. The Morgan fingerprint density at radius 2 is 0.965 bits per heavy atom. The van der Waals surface area contributed by atoms with Gasteiger partial charge in [-0.2, -0.15) is 0 Å². The summed E-state index contributed by atoms with van der Waals surface area (Å²) >= 11 is 0. The summed E-state index contributed by atoms with van der Waals surface area (Å²) in [6, 6.07) is 62.7. The third-order valence-electron chi connectivity index (χ3n) is 11.1. The van der Waals surface area contributed by atoms with Gasteiger partial charge in [-0.3, -0.25) is 0 Å². The van der Waals surface area contributed by atoms with Crippen LogP contribution in [0.5, 0.6) is 0 Å². The molecule has 8 aromatic carbocycles. The topological polar surface area (TPSA) is 69.9 Å². The second-order valence-electron chi connectivity index (χ2n) is 14.4. The minimum absolute atomic E-state index is 0.558. The van der Waals surface area contributed by atoms with Crippen molar-refractivity contribution in [3.8, 4) is 51.0 Å². The first-order chi connectivity index (χ1) is 28.2. The molecule has 6 heteroatoms. The highest BCUT2D eigenvalue weighted by Gasteiger charge is 2.20. The Hall–Kier alpha value is -7.83. The predicted molar refractivity (Wildman–Crippen MR) is 230 cm³/mol. The van der Waals surface area contributed by atoms with E-state index >= 15 is 0 Å². The number of nitrogens with zero attached hydrogens (tertiary/aromatic N) is 4. The van der Waals surface area contributed by atoms with Crippen LogP contribution in [0.15, 0.2) is 191 Å². The maximum Gasteiger partial charge on any atom is 0.167 e. The fourth-order valence-corrected chi connectivity index (χ4v) is 8.47. The van der Waals surface area contributed by atoms with Gasteiger partial charge in [0.25, 0.3) is 0 Å². The molecule has 0 radical (unpaired) electrons. The molecule has 57 heavy (non-hydrogen) atoms. The predicted octanol–water partition coefficient (Wildman–Crippen LogP) is 13.4. The van der Waals surface area contributed by atoms with Crippen molar-refractivity contribution < 1.29 is 8.83 Å². The van der Waals surface area contributed by atoms with Gasteiger partial charge >= 0.3 is 0 Å². The number of furan rings is 2. The summed E-state index contributed by atoms with van der Waals surface area (Å²) in [7, 11) is 0. The van der Waals surface area contributed by atoms with E-state index in [1.807, 2.05) is 72.8 Å².